The summed E-state index contributed by atoms with van der Waals surface area (Å²) in [5, 5.41) is 4.16. The molecule has 1 saturated heterocycles. The first-order valence-corrected chi connectivity index (χ1v) is 10.5. The van der Waals surface area contributed by atoms with E-state index in [0.717, 1.165) is 29.2 Å². The lowest BCUT2D eigenvalue weighted by atomic mass is 9.98. The van der Waals surface area contributed by atoms with E-state index in [2.05, 4.69) is 5.10 Å². The highest BCUT2D eigenvalue weighted by Crippen LogP contribution is 2.38. The Morgan fingerprint density at radius 3 is 2.64 bits per heavy atom. The van der Waals surface area contributed by atoms with Crippen molar-refractivity contribution < 1.29 is 17.9 Å². The molecular formula is C20H19N3O4S. The number of sulfonamides is 1. The van der Waals surface area contributed by atoms with Crippen molar-refractivity contribution in [3.63, 3.8) is 0 Å². The molecule has 0 saturated carbocycles. The lowest BCUT2D eigenvalue weighted by molar-refractivity contribution is 0.174. The molecule has 0 radical (unpaired) electrons. The number of nitrogens with zero attached hydrogens (tertiary/aromatic N) is 3. The van der Waals surface area contributed by atoms with Gasteiger partial charge in [-0.3, -0.25) is 0 Å². The maximum atomic E-state index is 13.1. The van der Waals surface area contributed by atoms with E-state index >= 15 is 0 Å². The van der Waals surface area contributed by atoms with Crippen molar-refractivity contribution >= 4 is 10.0 Å². The van der Waals surface area contributed by atoms with Crippen LogP contribution in [0.4, 0.5) is 0 Å². The summed E-state index contributed by atoms with van der Waals surface area (Å²) in [7, 11) is -3.53. The predicted molar refractivity (Wildman–Crippen MR) is 102 cm³/mol. The first kappa shape index (κ1) is 17.3. The topological polar surface area (TPSA) is 73.7 Å². The van der Waals surface area contributed by atoms with E-state index in [0.29, 0.717) is 18.0 Å². The zero-order valence-corrected chi connectivity index (χ0v) is 15.9. The molecule has 144 valence electrons. The van der Waals surface area contributed by atoms with Crippen molar-refractivity contribution in [3.8, 4) is 17.2 Å². The highest BCUT2D eigenvalue weighted by molar-refractivity contribution is 7.89. The van der Waals surface area contributed by atoms with Gasteiger partial charge in [0, 0.05) is 25.5 Å². The van der Waals surface area contributed by atoms with Crippen LogP contribution in [-0.4, -0.2) is 42.4 Å². The molecule has 2 aliphatic rings. The number of fused-ring (bicyclic) bond motifs is 1. The smallest absolute Gasteiger partial charge is 0.243 e. The third kappa shape index (κ3) is 2.94. The molecule has 7 nitrogen and oxygen atoms in total. The van der Waals surface area contributed by atoms with E-state index in [1.807, 2.05) is 30.5 Å². The Hall–Kier alpha value is -2.84. The number of ether oxygens (including phenoxy) is 2. The van der Waals surface area contributed by atoms with Gasteiger partial charge in [-0.1, -0.05) is 6.07 Å². The van der Waals surface area contributed by atoms with Gasteiger partial charge in [0.15, 0.2) is 11.5 Å². The lowest BCUT2D eigenvalue weighted by Crippen LogP contribution is -2.28. The lowest BCUT2D eigenvalue weighted by Gasteiger charge is -2.17. The summed E-state index contributed by atoms with van der Waals surface area (Å²) < 4.78 is 40.2. The van der Waals surface area contributed by atoms with Crippen molar-refractivity contribution in [1.29, 1.82) is 0 Å². The molecular weight excluding hydrogens is 378 g/mol. The van der Waals surface area contributed by atoms with Crippen molar-refractivity contribution in [1.82, 2.24) is 14.1 Å². The predicted octanol–water partition coefficient (Wildman–Crippen LogP) is 2.78. The molecule has 1 atom stereocenters. The maximum absolute atomic E-state index is 13.1. The van der Waals surface area contributed by atoms with Crippen LogP contribution < -0.4 is 9.47 Å². The first-order valence-electron chi connectivity index (χ1n) is 9.11. The van der Waals surface area contributed by atoms with Crippen LogP contribution in [0.1, 0.15) is 17.9 Å². The van der Waals surface area contributed by atoms with Crippen LogP contribution in [0.3, 0.4) is 0 Å². The van der Waals surface area contributed by atoms with Gasteiger partial charge in [0.05, 0.1) is 10.6 Å². The highest BCUT2D eigenvalue weighted by Gasteiger charge is 2.33. The van der Waals surface area contributed by atoms with Crippen molar-refractivity contribution in [3.05, 3.63) is 66.5 Å². The monoisotopic (exact) mass is 397 g/mol. The van der Waals surface area contributed by atoms with Gasteiger partial charge in [0.2, 0.25) is 16.8 Å². The fourth-order valence-corrected chi connectivity index (χ4v) is 5.23. The standard InChI is InChI=1S/C20H19N3O4S/c24-28(25,18-5-3-17(4-6-18)23-10-1-9-21-23)22-11-8-16(13-22)15-2-7-19-20(12-15)27-14-26-19/h1-7,9-10,12,16H,8,11,13-14H2. The molecule has 8 heteroatoms. The third-order valence-corrected chi connectivity index (χ3v) is 7.14. The van der Waals surface area contributed by atoms with Gasteiger partial charge in [-0.2, -0.15) is 9.40 Å². The minimum Gasteiger partial charge on any atom is -0.454 e. The van der Waals surface area contributed by atoms with Crippen LogP contribution in [0.2, 0.25) is 0 Å². The third-order valence-electron chi connectivity index (χ3n) is 5.26. The van der Waals surface area contributed by atoms with Crippen molar-refractivity contribution in [2.75, 3.05) is 19.9 Å². The highest BCUT2D eigenvalue weighted by atomic mass is 32.2. The Kier molecular flexibility index (Phi) is 4.10. The number of rotatable bonds is 4. The van der Waals surface area contributed by atoms with E-state index in [9.17, 15) is 8.42 Å². The summed E-state index contributed by atoms with van der Waals surface area (Å²) in [6.45, 7) is 1.20. The Morgan fingerprint density at radius 2 is 1.86 bits per heavy atom. The number of hydrogen-bond acceptors (Lipinski definition) is 5. The Balaban J connectivity index is 1.34. The van der Waals surface area contributed by atoms with Gasteiger partial charge >= 0.3 is 0 Å². The van der Waals surface area contributed by atoms with Crippen molar-refractivity contribution in [2.24, 2.45) is 0 Å². The van der Waals surface area contributed by atoms with Gasteiger partial charge in [-0.15, -0.1) is 0 Å². The van der Waals surface area contributed by atoms with Crippen LogP contribution in [-0.2, 0) is 10.0 Å². The molecule has 2 aromatic carbocycles. The molecule has 0 N–H and O–H groups in total. The minimum absolute atomic E-state index is 0.146. The summed E-state index contributed by atoms with van der Waals surface area (Å²) in [5.41, 5.74) is 1.90. The molecule has 3 aromatic rings. The van der Waals surface area contributed by atoms with Gasteiger partial charge in [0.1, 0.15) is 0 Å². The molecule has 0 spiro atoms. The summed E-state index contributed by atoms with van der Waals surface area (Å²) in [5.74, 6) is 1.61. The van der Waals surface area contributed by atoms with E-state index in [1.54, 1.807) is 39.4 Å². The van der Waals surface area contributed by atoms with E-state index < -0.39 is 10.0 Å². The van der Waals surface area contributed by atoms with Gasteiger partial charge in [-0.25, -0.2) is 13.1 Å². The second-order valence-corrected chi connectivity index (χ2v) is 8.84. The average molecular weight is 397 g/mol. The summed E-state index contributed by atoms with van der Waals surface area (Å²) >= 11 is 0. The largest absolute Gasteiger partial charge is 0.454 e. The Labute approximate surface area is 163 Å². The number of aromatic nitrogens is 2. The molecule has 1 aromatic heterocycles. The Morgan fingerprint density at radius 1 is 1.04 bits per heavy atom. The van der Waals surface area contributed by atoms with Gasteiger partial charge < -0.3 is 9.47 Å². The van der Waals surface area contributed by atoms with Crippen LogP contribution in [0.25, 0.3) is 5.69 Å². The fraction of sp³-hybridized carbons (Fsp3) is 0.250. The molecule has 1 fully saturated rings. The number of benzene rings is 2. The number of hydrogen-bond donors (Lipinski definition) is 0. The molecule has 28 heavy (non-hydrogen) atoms. The average Bonchev–Trinajstić information content (AvgIpc) is 3.49. The van der Waals surface area contributed by atoms with Crippen LogP contribution in [0.5, 0.6) is 11.5 Å². The molecule has 3 heterocycles. The van der Waals surface area contributed by atoms with Crippen LogP contribution in [0, 0.1) is 0 Å². The van der Waals surface area contributed by atoms with Gasteiger partial charge in [0.25, 0.3) is 0 Å². The molecule has 2 aliphatic heterocycles. The molecule has 0 bridgehead atoms. The zero-order valence-electron chi connectivity index (χ0n) is 15.1. The zero-order chi connectivity index (χ0) is 19.1. The second kappa shape index (κ2) is 6.65. The molecule has 0 amide bonds. The van der Waals surface area contributed by atoms with Gasteiger partial charge in [-0.05, 0) is 60.4 Å². The van der Waals surface area contributed by atoms with Crippen LogP contribution >= 0.6 is 0 Å². The Bertz CT molecular complexity index is 1090. The van der Waals surface area contributed by atoms with E-state index in [4.69, 9.17) is 9.47 Å². The normalized spacial score (nSPS) is 19.2. The molecule has 0 aliphatic carbocycles. The van der Waals surface area contributed by atoms with E-state index in [-0.39, 0.29) is 12.7 Å². The first-order chi connectivity index (χ1) is 13.6. The SMILES string of the molecule is O=S(=O)(c1ccc(-n2cccn2)cc1)N1CCC(c2ccc3c(c2)OCO3)C1. The summed E-state index contributed by atoms with van der Waals surface area (Å²) in [4.78, 5) is 0.301. The summed E-state index contributed by atoms with van der Waals surface area (Å²) in [6, 6.07) is 14.5. The molecule has 1 unspecified atom stereocenters. The second-order valence-electron chi connectivity index (χ2n) is 6.91. The quantitative estimate of drug-likeness (QED) is 0.677. The fourth-order valence-electron chi connectivity index (χ4n) is 3.73. The van der Waals surface area contributed by atoms with Crippen molar-refractivity contribution in [2.45, 2.75) is 17.2 Å². The molecule has 5 rings (SSSR count). The minimum atomic E-state index is -3.53. The maximum Gasteiger partial charge on any atom is 0.243 e. The summed E-state index contributed by atoms with van der Waals surface area (Å²) in [6.07, 6.45) is 4.29. The van der Waals surface area contributed by atoms with E-state index in [1.165, 1.54) is 0 Å². The van der Waals surface area contributed by atoms with Crippen LogP contribution in [0.15, 0.2) is 65.8 Å².